The van der Waals surface area contributed by atoms with Gasteiger partial charge in [-0.15, -0.1) is 0 Å². The maximum atomic E-state index is 11.6. The van der Waals surface area contributed by atoms with E-state index in [2.05, 4.69) is 4.98 Å². The molecule has 0 unspecified atom stereocenters. The maximum absolute atomic E-state index is 11.6. The highest BCUT2D eigenvalue weighted by molar-refractivity contribution is 5.72. The maximum Gasteiger partial charge on any atom is 0.320 e. The molecule has 112 valence electrons. The van der Waals surface area contributed by atoms with Crippen LogP contribution in [0.4, 0.5) is 0 Å². The van der Waals surface area contributed by atoms with Crippen molar-refractivity contribution >= 4 is 11.9 Å². The summed E-state index contributed by atoms with van der Waals surface area (Å²) in [5.74, 6) is -1.41. The lowest BCUT2D eigenvalue weighted by atomic mass is 10.3. The molecule has 7 nitrogen and oxygen atoms in total. The molecular weight excluding hydrogens is 274 g/mol. The van der Waals surface area contributed by atoms with E-state index in [9.17, 15) is 9.59 Å². The third-order valence-electron chi connectivity index (χ3n) is 2.58. The Labute approximate surface area is 122 Å². The fourth-order valence-corrected chi connectivity index (χ4v) is 1.63. The van der Waals surface area contributed by atoms with Gasteiger partial charge in [-0.2, -0.15) is 5.26 Å². The third-order valence-corrected chi connectivity index (χ3v) is 2.58. The number of hydrogen-bond acceptors (Lipinski definition) is 6. The number of aromatic nitrogens is 1. The van der Waals surface area contributed by atoms with Gasteiger partial charge in [0.15, 0.2) is 0 Å². The summed E-state index contributed by atoms with van der Waals surface area (Å²) >= 11 is 0. The molecule has 0 bridgehead atoms. The molecular formula is C14H17N3O4. The monoisotopic (exact) mass is 291 g/mol. The average Bonchev–Trinajstić information content (AvgIpc) is 2.46. The number of nitriles is 1. The van der Waals surface area contributed by atoms with Crippen LogP contribution in [-0.4, -0.2) is 46.6 Å². The van der Waals surface area contributed by atoms with Crippen LogP contribution in [0.25, 0.3) is 0 Å². The quantitative estimate of drug-likeness (QED) is 0.530. The van der Waals surface area contributed by atoms with Gasteiger partial charge in [0.25, 0.3) is 0 Å². The Morgan fingerprint density at radius 1 is 1.43 bits per heavy atom. The molecule has 1 aromatic rings. The number of ether oxygens (including phenoxy) is 1. The van der Waals surface area contributed by atoms with E-state index in [4.69, 9.17) is 15.1 Å². The van der Waals surface area contributed by atoms with Crippen molar-refractivity contribution in [3.8, 4) is 6.07 Å². The smallest absolute Gasteiger partial charge is 0.320 e. The first-order valence-corrected chi connectivity index (χ1v) is 6.48. The molecule has 1 rings (SSSR count). The molecule has 0 saturated carbocycles. The SMILES string of the molecule is N#CCCOC(=O)CN(CCC(=O)O)Cc1ccccn1. The first kappa shape index (κ1) is 16.6. The molecule has 0 aliphatic rings. The first-order chi connectivity index (χ1) is 10.1. The summed E-state index contributed by atoms with van der Waals surface area (Å²) in [6.45, 7) is 0.599. The fraction of sp³-hybridized carbons (Fsp3) is 0.429. The Morgan fingerprint density at radius 3 is 2.86 bits per heavy atom. The molecule has 7 heteroatoms. The minimum atomic E-state index is -0.932. The second-order valence-electron chi connectivity index (χ2n) is 4.30. The Balaban J connectivity index is 2.53. The molecule has 0 atom stereocenters. The molecule has 1 N–H and O–H groups in total. The van der Waals surface area contributed by atoms with Gasteiger partial charge in [0, 0.05) is 19.3 Å². The van der Waals surface area contributed by atoms with E-state index < -0.39 is 11.9 Å². The van der Waals surface area contributed by atoms with Crippen molar-refractivity contribution in [1.82, 2.24) is 9.88 Å². The number of carboxylic acids is 1. The van der Waals surface area contributed by atoms with Crippen LogP contribution in [0.1, 0.15) is 18.5 Å². The van der Waals surface area contributed by atoms with Crippen LogP contribution in [0.3, 0.4) is 0 Å². The Bertz CT molecular complexity index is 499. The van der Waals surface area contributed by atoms with Crippen molar-refractivity contribution in [3.63, 3.8) is 0 Å². The van der Waals surface area contributed by atoms with Gasteiger partial charge >= 0.3 is 11.9 Å². The molecule has 0 fully saturated rings. The zero-order valence-corrected chi connectivity index (χ0v) is 11.6. The van der Waals surface area contributed by atoms with E-state index in [0.29, 0.717) is 6.54 Å². The highest BCUT2D eigenvalue weighted by atomic mass is 16.5. The summed E-state index contributed by atoms with van der Waals surface area (Å²) in [5.41, 5.74) is 0.743. The van der Waals surface area contributed by atoms with Gasteiger partial charge in [0.1, 0.15) is 6.61 Å². The van der Waals surface area contributed by atoms with Crippen LogP contribution in [0, 0.1) is 11.3 Å². The van der Waals surface area contributed by atoms with E-state index >= 15 is 0 Å². The van der Waals surface area contributed by atoms with Crippen molar-refractivity contribution in [3.05, 3.63) is 30.1 Å². The molecule has 0 aliphatic heterocycles. The average molecular weight is 291 g/mol. The first-order valence-electron chi connectivity index (χ1n) is 6.48. The number of esters is 1. The minimum absolute atomic E-state index is 0.0325. The van der Waals surface area contributed by atoms with Gasteiger partial charge in [-0.25, -0.2) is 0 Å². The predicted octanol–water partition coefficient (Wildman–Crippen LogP) is 0.815. The molecule has 0 saturated heterocycles. The second-order valence-corrected chi connectivity index (χ2v) is 4.30. The predicted molar refractivity (Wildman–Crippen MR) is 73.0 cm³/mol. The molecule has 0 aromatic carbocycles. The fourth-order valence-electron chi connectivity index (χ4n) is 1.63. The van der Waals surface area contributed by atoms with Crippen LogP contribution in [-0.2, 0) is 20.9 Å². The van der Waals surface area contributed by atoms with E-state index in [0.717, 1.165) is 5.69 Å². The van der Waals surface area contributed by atoms with Crippen molar-refractivity contribution in [2.75, 3.05) is 19.7 Å². The van der Waals surface area contributed by atoms with Crippen LogP contribution < -0.4 is 0 Å². The molecule has 21 heavy (non-hydrogen) atoms. The topological polar surface area (TPSA) is 104 Å². The lowest BCUT2D eigenvalue weighted by Crippen LogP contribution is -2.33. The summed E-state index contributed by atoms with van der Waals surface area (Å²) in [5, 5.41) is 17.1. The van der Waals surface area contributed by atoms with Gasteiger partial charge in [0.05, 0.1) is 31.1 Å². The van der Waals surface area contributed by atoms with Crippen LogP contribution in [0.2, 0.25) is 0 Å². The van der Waals surface area contributed by atoms with Crippen molar-refractivity contribution < 1.29 is 19.4 Å². The van der Waals surface area contributed by atoms with Crippen LogP contribution in [0.15, 0.2) is 24.4 Å². The van der Waals surface area contributed by atoms with Crippen LogP contribution in [0.5, 0.6) is 0 Å². The molecule has 0 spiro atoms. The van der Waals surface area contributed by atoms with Crippen molar-refractivity contribution in [2.24, 2.45) is 0 Å². The number of nitrogens with zero attached hydrogens (tertiary/aromatic N) is 3. The normalized spacial score (nSPS) is 10.1. The van der Waals surface area contributed by atoms with Gasteiger partial charge in [-0.05, 0) is 12.1 Å². The second kappa shape index (κ2) is 9.44. The number of rotatable bonds is 9. The number of aliphatic carboxylic acids is 1. The lowest BCUT2D eigenvalue weighted by Gasteiger charge is -2.20. The Kier molecular flexibility index (Phi) is 7.46. The van der Waals surface area contributed by atoms with Crippen molar-refractivity contribution in [2.45, 2.75) is 19.4 Å². The van der Waals surface area contributed by atoms with E-state index in [-0.39, 0.29) is 32.5 Å². The summed E-state index contributed by atoms with van der Waals surface area (Å²) < 4.78 is 4.89. The zero-order valence-electron chi connectivity index (χ0n) is 11.6. The third kappa shape index (κ3) is 7.64. The molecule has 0 amide bonds. The van der Waals surface area contributed by atoms with E-state index in [1.165, 1.54) is 0 Å². The number of pyridine rings is 1. The summed E-state index contributed by atoms with van der Waals surface area (Å²) in [7, 11) is 0. The highest BCUT2D eigenvalue weighted by Gasteiger charge is 2.14. The van der Waals surface area contributed by atoms with Crippen molar-refractivity contribution in [1.29, 1.82) is 5.26 Å². The molecule has 0 aliphatic carbocycles. The van der Waals surface area contributed by atoms with E-state index in [1.54, 1.807) is 23.2 Å². The lowest BCUT2D eigenvalue weighted by molar-refractivity contribution is -0.146. The minimum Gasteiger partial charge on any atom is -0.481 e. The van der Waals surface area contributed by atoms with Gasteiger partial charge in [-0.1, -0.05) is 6.07 Å². The number of carbonyl (C=O) groups is 2. The standard InChI is InChI=1S/C14H17N3O4/c15-6-3-9-21-14(20)11-17(8-5-13(18)19)10-12-4-1-2-7-16-12/h1-2,4,7H,3,5,8-11H2,(H,18,19). The highest BCUT2D eigenvalue weighted by Crippen LogP contribution is 2.03. The van der Waals surface area contributed by atoms with Crippen LogP contribution >= 0.6 is 0 Å². The number of hydrogen-bond donors (Lipinski definition) is 1. The zero-order chi connectivity index (χ0) is 15.5. The molecule has 1 aromatic heterocycles. The van der Waals surface area contributed by atoms with Gasteiger partial charge in [-0.3, -0.25) is 19.5 Å². The number of carboxylic acid groups (broad SMARTS) is 1. The Hall–Kier alpha value is -2.46. The summed E-state index contributed by atoms with van der Waals surface area (Å²) in [6, 6.07) is 7.28. The van der Waals surface area contributed by atoms with Gasteiger partial charge in [0.2, 0.25) is 0 Å². The van der Waals surface area contributed by atoms with E-state index in [1.807, 2.05) is 12.1 Å². The van der Waals surface area contributed by atoms with Gasteiger partial charge < -0.3 is 9.84 Å². The summed E-state index contributed by atoms with van der Waals surface area (Å²) in [6.07, 6.45) is 1.70. The molecule has 1 heterocycles. The number of carbonyl (C=O) groups excluding carboxylic acids is 1. The summed E-state index contributed by atoms with van der Waals surface area (Å²) in [4.78, 5) is 28.1. The Morgan fingerprint density at radius 2 is 2.24 bits per heavy atom. The largest absolute Gasteiger partial charge is 0.481 e. The molecule has 0 radical (unpaired) electrons.